The molecule has 0 heterocycles. The molecule has 2 rings (SSSR count). The number of nitrogens with two attached hydrogens (primary N) is 1. The predicted octanol–water partition coefficient (Wildman–Crippen LogP) is 0.976. The van der Waals surface area contributed by atoms with E-state index in [4.69, 9.17) is 5.73 Å². The van der Waals surface area contributed by atoms with Gasteiger partial charge in [0.25, 0.3) is 0 Å². The van der Waals surface area contributed by atoms with Gasteiger partial charge in [0.15, 0.2) is 0 Å². The maximum atomic E-state index is 12.0. The van der Waals surface area contributed by atoms with Gasteiger partial charge in [-0.2, -0.15) is 0 Å². The number of benzene rings is 1. The molecule has 3 atom stereocenters. The fourth-order valence-electron chi connectivity index (χ4n) is 2.53. The Labute approximate surface area is 114 Å². The van der Waals surface area contributed by atoms with Gasteiger partial charge in [-0.25, -0.2) is 0 Å². The molecule has 104 valence electrons. The van der Waals surface area contributed by atoms with E-state index < -0.39 is 12.1 Å². The van der Waals surface area contributed by atoms with E-state index in [0.717, 1.165) is 31.2 Å². The van der Waals surface area contributed by atoms with E-state index in [9.17, 15) is 9.90 Å². The Hall–Kier alpha value is -1.39. The van der Waals surface area contributed by atoms with E-state index in [2.05, 4.69) is 5.32 Å². The minimum Gasteiger partial charge on any atom is -0.391 e. The topological polar surface area (TPSA) is 75.4 Å². The molecule has 0 saturated heterocycles. The summed E-state index contributed by atoms with van der Waals surface area (Å²) in [5.41, 5.74) is 6.97. The number of nitrogens with one attached hydrogen (secondary N) is 1. The van der Waals surface area contributed by atoms with Gasteiger partial charge >= 0.3 is 0 Å². The monoisotopic (exact) mass is 262 g/mol. The quantitative estimate of drug-likeness (QED) is 0.757. The summed E-state index contributed by atoms with van der Waals surface area (Å²) in [7, 11) is 0. The third kappa shape index (κ3) is 4.04. The Morgan fingerprint density at radius 1 is 1.32 bits per heavy atom. The molecule has 1 aliphatic rings. The zero-order chi connectivity index (χ0) is 13.7. The Morgan fingerprint density at radius 3 is 2.68 bits per heavy atom. The number of rotatable bonds is 4. The number of hydrogen-bond acceptors (Lipinski definition) is 3. The lowest BCUT2D eigenvalue weighted by molar-refractivity contribution is -0.124. The van der Waals surface area contributed by atoms with Crippen LogP contribution in [0.1, 0.15) is 31.2 Å². The molecule has 1 fully saturated rings. The smallest absolute Gasteiger partial charge is 0.237 e. The Balaban J connectivity index is 1.85. The number of hydrogen-bond donors (Lipinski definition) is 3. The first-order chi connectivity index (χ1) is 9.16. The molecule has 0 aliphatic heterocycles. The second kappa shape index (κ2) is 6.68. The summed E-state index contributed by atoms with van der Waals surface area (Å²) in [6.45, 7) is 0. The lowest BCUT2D eigenvalue weighted by Gasteiger charge is -2.29. The van der Waals surface area contributed by atoms with Crippen molar-refractivity contribution in [1.82, 2.24) is 5.32 Å². The van der Waals surface area contributed by atoms with Crippen LogP contribution in [-0.2, 0) is 11.2 Å². The van der Waals surface area contributed by atoms with Crippen LogP contribution in [0.3, 0.4) is 0 Å². The van der Waals surface area contributed by atoms with Crippen LogP contribution in [0.2, 0.25) is 0 Å². The van der Waals surface area contributed by atoms with E-state index in [0.29, 0.717) is 6.42 Å². The van der Waals surface area contributed by atoms with Crippen LogP contribution in [-0.4, -0.2) is 29.2 Å². The van der Waals surface area contributed by atoms with Gasteiger partial charge in [0.1, 0.15) is 0 Å². The molecule has 1 aliphatic carbocycles. The number of aliphatic hydroxyl groups excluding tert-OH is 1. The van der Waals surface area contributed by atoms with Crippen LogP contribution in [0, 0.1) is 0 Å². The number of carbonyl (C=O) groups excluding carboxylic acids is 1. The fraction of sp³-hybridized carbons (Fsp3) is 0.533. The molecular weight excluding hydrogens is 240 g/mol. The van der Waals surface area contributed by atoms with Crippen LogP contribution < -0.4 is 11.1 Å². The van der Waals surface area contributed by atoms with Crippen molar-refractivity contribution in [3.8, 4) is 0 Å². The molecule has 0 radical (unpaired) electrons. The standard InChI is InChI=1S/C15H22N2O2/c16-12(10-11-6-2-1-3-7-11)15(19)17-13-8-4-5-9-14(13)18/h1-3,6-7,12-14,18H,4-5,8-10,16H2,(H,17,19)/t12?,13-,14-/m0/s1. The van der Waals surface area contributed by atoms with Crippen molar-refractivity contribution in [3.63, 3.8) is 0 Å². The second-order valence-corrected chi connectivity index (χ2v) is 5.26. The van der Waals surface area contributed by atoms with Gasteiger partial charge in [-0.15, -0.1) is 0 Å². The van der Waals surface area contributed by atoms with E-state index in [-0.39, 0.29) is 11.9 Å². The SMILES string of the molecule is NC(Cc1ccccc1)C(=O)N[C@H]1CCCC[C@@H]1O. The fourth-order valence-corrected chi connectivity index (χ4v) is 2.53. The number of amides is 1. The van der Waals surface area contributed by atoms with Crippen LogP contribution in [0.5, 0.6) is 0 Å². The maximum Gasteiger partial charge on any atom is 0.237 e. The first-order valence-electron chi connectivity index (χ1n) is 6.95. The molecule has 0 aromatic heterocycles. The molecule has 4 N–H and O–H groups in total. The average Bonchev–Trinajstić information content (AvgIpc) is 2.42. The summed E-state index contributed by atoms with van der Waals surface area (Å²) < 4.78 is 0. The van der Waals surface area contributed by atoms with Crippen molar-refractivity contribution in [2.75, 3.05) is 0 Å². The van der Waals surface area contributed by atoms with Gasteiger partial charge < -0.3 is 16.2 Å². The molecule has 0 spiro atoms. The lowest BCUT2D eigenvalue weighted by atomic mass is 9.92. The highest BCUT2D eigenvalue weighted by Crippen LogP contribution is 2.18. The van der Waals surface area contributed by atoms with Crippen molar-refractivity contribution >= 4 is 5.91 Å². The summed E-state index contributed by atoms with van der Waals surface area (Å²) >= 11 is 0. The maximum absolute atomic E-state index is 12.0. The molecule has 1 unspecified atom stereocenters. The second-order valence-electron chi connectivity index (χ2n) is 5.26. The molecular formula is C15H22N2O2. The van der Waals surface area contributed by atoms with Gasteiger partial charge in [-0.1, -0.05) is 43.2 Å². The summed E-state index contributed by atoms with van der Waals surface area (Å²) in [6, 6.07) is 9.04. The van der Waals surface area contributed by atoms with Crippen LogP contribution in [0.4, 0.5) is 0 Å². The van der Waals surface area contributed by atoms with Crippen LogP contribution in [0.25, 0.3) is 0 Å². The number of aliphatic hydroxyl groups is 1. The van der Waals surface area contributed by atoms with E-state index in [1.165, 1.54) is 0 Å². The summed E-state index contributed by atoms with van der Waals surface area (Å²) in [4.78, 5) is 12.0. The Bertz CT molecular complexity index is 408. The highest BCUT2D eigenvalue weighted by Gasteiger charge is 2.26. The largest absolute Gasteiger partial charge is 0.391 e. The Morgan fingerprint density at radius 2 is 2.00 bits per heavy atom. The van der Waals surface area contributed by atoms with Crippen molar-refractivity contribution in [1.29, 1.82) is 0 Å². The first kappa shape index (κ1) is 14.0. The molecule has 0 bridgehead atoms. The summed E-state index contributed by atoms with van der Waals surface area (Å²) in [6.07, 6.45) is 3.78. The van der Waals surface area contributed by atoms with Crippen molar-refractivity contribution in [2.24, 2.45) is 5.73 Å². The molecule has 1 saturated carbocycles. The van der Waals surface area contributed by atoms with E-state index in [1.807, 2.05) is 30.3 Å². The minimum absolute atomic E-state index is 0.136. The normalized spacial score (nSPS) is 24.7. The van der Waals surface area contributed by atoms with Gasteiger partial charge in [0.2, 0.25) is 5.91 Å². The molecule has 1 aromatic carbocycles. The zero-order valence-electron chi connectivity index (χ0n) is 11.1. The summed E-state index contributed by atoms with van der Waals surface area (Å²) in [5, 5.41) is 12.7. The highest BCUT2D eigenvalue weighted by atomic mass is 16.3. The van der Waals surface area contributed by atoms with E-state index >= 15 is 0 Å². The predicted molar refractivity (Wildman–Crippen MR) is 74.5 cm³/mol. The summed E-state index contributed by atoms with van der Waals surface area (Å²) in [5.74, 6) is -0.171. The molecule has 1 amide bonds. The van der Waals surface area contributed by atoms with Gasteiger partial charge in [-0.3, -0.25) is 4.79 Å². The van der Waals surface area contributed by atoms with Crippen LogP contribution in [0.15, 0.2) is 30.3 Å². The third-order valence-electron chi connectivity index (χ3n) is 3.69. The van der Waals surface area contributed by atoms with Crippen molar-refractivity contribution in [3.05, 3.63) is 35.9 Å². The van der Waals surface area contributed by atoms with Crippen LogP contribution >= 0.6 is 0 Å². The molecule has 19 heavy (non-hydrogen) atoms. The minimum atomic E-state index is -0.559. The van der Waals surface area contributed by atoms with Crippen molar-refractivity contribution < 1.29 is 9.90 Å². The number of carbonyl (C=O) groups is 1. The Kier molecular flexibility index (Phi) is 4.93. The van der Waals surface area contributed by atoms with Gasteiger partial charge in [0.05, 0.1) is 18.2 Å². The molecule has 4 nitrogen and oxygen atoms in total. The first-order valence-corrected chi connectivity index (χ1v) is 6.95. The average molecular weight is 262 g/mol. The lowest BCUT2D eigenvalue weighted by Crippen LogP contribution is -2.51. The van der Waals surface area contributed by atoms with E-state index in [1.54, 1.807) is 0 Å². The van der Waals surface area contributed by atoms with Gasteiger partial charge in [0, 0.05) is 0 Å². The van der Waals surface area contributed by atoms with Crippen molar-refractivity contribution in [2.45, 2.75) is 50.3 Å². The molecule has 4 heteroatoms. The zero-order valence-corrected chi connectivity index (χ0v) is 11.1. The highest BCUT2D eigenvalue weighted by molar-refractivity contribution is 5.82. The van der Waals surface area contributed by atoms with Gasteiger partial charge in [-0.05, 0) is 24.8 Å². The molecule has 1 aromatic rings. The third-order valence-corrected chi connectivity index (χ3v) is 3.69.